The molecular weight excluding hydrogens is 516 g/mol. The van der Waals surface area contributed by atoms with E-state index in [4.69, 9.17) is 8.83 Å². The van der Waals surface area contributed by atoms with Crippen molar-refractivity contribution in [3.8, 4) is 58.5 Å². The second kappa shape index (κ2) is 7.86. The van der Waals surface area contributed by atoms with Crippen molar-refractivity contribution in [1.29, 1.82) is 0 Å². The first-order chi connectivity index (χ1) is 19.5. The monoisotopic (exact) mass is 534 g/mol. The number of hydrogen-bond donors (Lipinski definition) is 4. The van der Waals surface area contributed by atoms with Gasteiger partial charge in [-0.3, -0.25) is 0 Å². The van der Waals surface area contributed by atoms with Crippen LogP contribution in [0.1, 0.15) is 34.1 Å². The SMILES string of the molecule is Oc1c2c(c(O)n1-c1nnc(-c3ccccc3)o1)C1C=CC2c2c1c(O)n(-c1nnc(-c3ccccc3)o1)c2O. The topological polar surface area (TPSA) is 169 Å². The fraction of sp³-hybridized carbons (Fsp3) is 0.0714. The zero-order valence-electron chi connectivity index (χ0n) is 20.4. The van der Waals surface area contributed by atoms with Crippen molar-refractivity contribution >= 4 is 0 Å². The Morgan fingerprint density at radius 2 is 0.850 bits per heavy atom. The van der Waals surface area contributed by atoms with Gasteiger partial charge in [-0.2, -0.15) is 0 Å². The van der Waals surface area contributed by atoms with Crippen LogP contribution >= 0.6 is 0 Å². The summed E-state index contributed by atoms with van der Waals surface area (Å²) in [6.45, 7) is 0. The number of rotatable bonds is 4. The van der Waals surface area contributed by atoms with Gasteiger partial charge in [-0.25, -0.2) is 9.13 Å². The van der Waals surface area contributed by atoms with Crippen LogP contribution in [0.5, 0.6) is 23.5 Å². The highest BCUT2D eigenvalue weighted by Crippen LogP contribution is 2.61. The molecule has 0 atom stereocenters. The lowest BCUT2D eigenvalue weighted by molar-refractivity contribution is 0.375. The third-order valence-electron chi connectivity index (χ3n) is 7.38. The first kappa shape index (κ1) is 22.2. The molecule has 0 saturated carbocycles. The molecule has 12 nitrogen and oxygen atoms in total. The summed E-state index contributed by atoms with van der Waals surface area (Å²) >= 11 is 0. The van der Waals surface area contributed by atoms with Gasteiger partial charge in [0.1, 0.15) is 0 Å². The van der Waals surface area contributed by atoms with Gasteiger partial charge in [-0.15, -0.1) is 10.2 Å². The number of benzene rings is 2. The fourth-order valence-electron chi connectivity index (χ4n) is 5.66. The van der Waals surface area contributed by atoms with Gasteiger partial charge in [0.05, 0.1) is 0 Å². The molecule has 0 spiro atoms. The predicted molar refractivity (Wildman–Crippen MR) is 138 cm³/mol. The van der Waals surface area contributed by atoms with Crippen LogP contribution in [-0.2, 0) is 0 Å². The van der Waals surface area contributed by atoms with Gasteiger partial charge in [0.25, 0.3) is 0 Å². The lowest BCUT2D eigenvalue weighted by Crippen LogP contribution is -2.17. The van der Waals surface area contributed by atoms with Crippen molar-refractivity contribution in [2.45, 2.75) is 11.8 Å². The average Bonchev–Trinajstić information content (AvgIpc) is 3.77. The third-order valence-corrected chi connectivity index (χ3v) is 7.38. The maximum Gasteiger partial charge on any atom is 0.332 e. The molecule has 196 valence electrons. The minimum Gasteiger partial charge on any atom is -0.494 e. The summed E-state index contributed by atoms with van der Waals surface area (Å²) in [7, 11) is 0. The quantitative estimate of drug-likeness (QED) is 0.239. The summed E-state index contributed by atoms with van der Waals surface area (Å²) in [6, 6.07) is 17.9. The van der Waals surface area contributed by atoms with Crippen molar-refractivity contribution in [2.75, 3.05) is 0 Å². The number of allylic oxidation sites excluding steroid dienone is 2. The Morgan fingerprint density at radius 1 is 0.500 bits per heavy atom. The minimum atomic E-state index is -0.706. The molecule has 4 aromatic heterocycles. The molecule has 2 aromatic carbocycles. The Morgan fingerprint density at radius 3 is 1.20 bits per heavy atom. The van der Waals surface area contributed by atoms with Gasteiger partial charge in [0, 0.05) is 45.2 Å². The van der Waals surface area contributed by atoms with Crippen LogP contribution in [0.15, 0.2) is 81.7 Å². The molecular formula is C28H18N6O6. The molecule has 6 aromatic rings. The summed E-state index contributed by atoms with van der Waals surface area (Å²) in [6.07, 6.45) is 3.57. The number of aromatic hydroxyl groups is 4. The first-order valence-corrected chi connectivity index (χ1v) is 12.3. The predicted octanol–water partition coefficient (Wildman–Crippen LogP) is 4.34. The molecule has 3 aliphatic carbocycles. The molecule has 40 heavy (non-hydrogen) atoms. The highest BCUT2D eigenvalue weighted by Gasteiger charge is 2.47. The van der Waals surface area contributed by atoms with E-state index in [2.05, 4.69) is 20.4 Å². The van der Waals surface area contributed by atoms with Gasteiger partial charge >= 0.3 is 12.0 Å². The van der Waals surface area contributed by atoms with E-state index in [1.807, 2.05) is 36.4 Å². The van der Waals surface area contributed by atoms with E-state index in [9.17, 15) is 20.4 Å². The van der Waals surface area contributed by atoms with Gasteiger partial charge in [0.2, 0.25) is 35.3 Å². The Labute approximate surface area is 224 Å². The van der Waals surface area contributed by atoms with E-state index in [0.29, 0.717) is 33.4 Å². The van der Waals surface area contributed by atoms with Crippen LogP contribution in [0.25, 0.3) is 34.9 Å². The largest absolute Gasteiger partial charge is 0.494 e. The molecule has 9 rings (SSSR count). The van der Waals surface area contributed by atoms with Gasteiger partial charge in [-0.05, 0) is 24.3 Å². The van der Waals surface area contributed by atoms with Crippen LogP contribution in [0.2, 0.25) is 0 Å². The Hall–Kier alpha value is -5.78. The first-order valence-electron chi connectivity index (χ1n) is 12.3. The van der Waals surface area contributed by atoms with Crippen LogP contribution in [0.4, 0.5) is 0 Å². The second-order valence-electron chi connectivity index (χ2n) is 9.47. The summed E-state index contributed by atoms with van der Waals surface area (Å²) in [5, 5.41) is 61.4. The molecule has 0 saturated heterocycles. The van der Waals surface area contributed by atoms with E-state index in [1.165, 1.54) is 0 Å². The van der Waals surface area contributed by atoms with E-state index in [-0.39, 0.29) is 47.3 Å². The summed E-state index contributed by atoms with van der Waals surface area (Å²) < 4.78 is 13.7. The molecule has 0 unspecified atom stereocenters. The zero-order chi connectivity index (χ0) is 27.1. The summed E-state index contributed by atoms with van der Waals surface area (Å²) in [5.74, 6) is -2.28. The number of hydrogen-bond acceptors (Lipinski definition) is 10. The molecule has 3 aliphatic rings. The third kappa shape index (κ3) is 2.84. The highest BCUT2D eigenvalue weighted by molar-refractivity contribution is 5.72. The van der Waals surface area contributed by atoms with Gasteiger partial charge in [-0.1, -0.05) is 58.7 Å². The lowest BCUT2D eigenvalue weighted by atomic mass is 9.70. The van der Waals surface area contributed by atoms with E-state index < -0.39 is 11.8 Å². The normalized spacial score (nSPS) is 16.8. The van der Waals surface area contributed by atoms with Gasteiger partial charge < -0.3 is 29.3 Å². The molecule has 2 bridgehead atoms. The van der Waals surface area contributed by atoms with Crippen molar-refractivity contribution < 1.29 is 29.3 Å². The van der Waals surface area contributed by atoms with Crippen molar-refractivity contribution in [3.05, 3.63) is 95.1 Å². The lowest BCUT2D eigenvalue weighted by Gasteiger charge is -2.31. The van der Waals surface area contributed by atoms with Crippen molar-refractivity contribution in [1.82, 2.24) is 29.5 Å². The molecule has 4 heterocycles. The molecule has 0 amide bonds. The highest BCUT2D eigenvalue weighted by atomic mass is 16.4. The average molecular weight is 534 g/mol. The van der Waals surface area contributed by atoms with Crippen LogP contribution in [-0.4, -0.2) is 50.0 Å². The Bertz CT molecular complexity index is 1770. The molecule has 0 radical (unpaired) electrons. The van der Waals surface area contributed by atoms with E-state index in [1.54, 1.807) is 36.4 Å². The summed E-state index contributed by atoms with van der Waals surface area (Å²) in [5.41, 5.74) is 2.74. The van der Waals surface area contributed by atoms with Crippen molar-refractivity contribution in [3.63, 3.8) is 0 Å². The van der Waals surface area contributed by atoms with E-state index in [0.717, 1.165) is 9.13 Å². The van der Waals surface area contributed by atoms with Crippen LogP contribution in [0.3, 0.4) is 0 Å². The van der Waals surface area contributed by atoms with Crippen LogP contribution < -0.4 is 0 Å². The van der Waals surface area contributed by atoms with Crippen LogP contribution in [0, 0.1) is 0 Å². The molecule has 0 fully saturated rings. The Kier molecular flexibility index (Phi) is 4.37. The van der Waals surface area contributed by atoms with Gasteiger partial charge in [0.15, 0.2) is 0 Å². The standard InChI is InChI=1S/C28H18N6O6/c35-23-17-15-11-12-16(18(17)24(36)33(23)27-31-29-21(39-27)13-7-3-1-4-8-13)20-19(15)25(37)34(26(20)38)28-32-30-22(40-28)14-9-5-2-6-10-14/h1-12,15-16,35-38H. The van der Waals surface area contributed by atoms with Crippen molar-refractivity contribution in [2.24, 2.45) is 0 Å². The number of nitrogens with zero attached hydrogens (tertiary/aromatic N) is 6. The second-order valence-corrected chi connectivity index (χ2v) is 9.47. The number of aromatic nitrogens is 6. The maximum atomic E-state index is 11.3. The zero-order valence-corrected chi connectivity index (χ0v) is 20.4. The smallest absolute Gasteiger partial charge is 0.332 e. The Balaban J connectivity index is 1.24. The maximum absolute atomic E-state index is 11.3. The fourth-order valence-corrected chi connectivity index (χ4v) is 5.66. The molecule has 12 heteroatoms. The minimum absolute atomic E-state index is 0.134. The summed E-state index contributed by atoms with van der Waals surface area (Å²) in [4.78, 5) is 0. The van der Waals surface area contributed by atoms with E-state index >= 15 is 0 Å². The molecule has 4 N–H and O–H groups in total. The molecule has 0 aliphatic heterocycles.